The molecule has 2 heterocycles. The number of Topliss-reactive ketones (excluding diaryl/α,β-unsaturated/α-hetero) is 1. The molecule has 3 atom stereocenters. The number of carbonyl (C=O) groups is 1. The molecule has 1 aromatic carbocycles. The van der Waals surface area contributed by atoms with Gasteiger partial charge in [0.15, 0.2) is 11.6 Å². The van der Waals surface area contributed by atoms with Gasteiger partial charge in [0.25, 0.3) is 5.56 Å². The zero-order valence-electron chi connectivity index (χ0n) is 15.4. The molecule has 3 aliphatic rings. The molecule has 2 aromatic rings. The van der Waals surface area contributed by atoms with Crippen molar-refractivity contribution in [3.8, 4) is 0 Å². The minimum absolute atomic E-state index is 0.00357. The lowest BCUT2D eigenvalue weighted by Gasteiger charge is -2.25. The number of anilines is 2. The Bertz CT molecular complexity index is 1150. The third-order valence-electron chi connectivity index (χ3n) is 6.46. The summed E-state index contributed by atoms with van der Waals surface area (Å²) in [6, 6.07) is -0.0297. The number of hydrogen-bond acceptors (Lipinski definition) is 6. The van der Waals surface area contributed by atoms with Crippen molar-refractivity contribution in [1.82, 2.24) is 9.55 Å². The molecule has 1 aliphatic heterocycles. The lowest BCUT2D eigenvalue weighted by atomic mass is 10.0. The number of H-pyrrole nitrogens is 1. The van der Waals surface area contributed by atoms with Gasteiger partial charge in [0.1, 0.15) is 6.10 Å². The number of benzene rings is 1. The number of hydrogen-bond donors (Lipinski definition) is 3. The first-order valence-corrected chi connectivity index (χ1v) is 9.52. The number of aromatic nitrogens is 2. The van der Waals surface area contributed by atoms with Gasteiger partial charge in [-0.15, -0.1) is 0 Å². The molecule has 1 aromatic heterocycles. The maximum atomic E-state index is 15.3. The van der Waals surface area contributed by atoms with Crippen LogP contribution in [0.3, 0.4) is 0 Å². The number of aromatic amines is 1. The highest BCUT2D eigenvalue weighted by Crippen LogP contribution is 2.44. The Balaban J connectivity index is 1.73. The van der Waals surface area contributed by atoms with E-state index in [2.05, 4.69) is 4.98 Å². The summed E-state index contributed by atoms with van der Waals surface area (Å²) in [6.07, 6.45) is 1.06. The summed E-state index contributed by atoms with van der Waals surface area (Å²) >= 11 is 0. The minimum Gasteiger partial charge on any atom is -0.396 e. The Morgan fingerprint density at radius 2 is 1.93 bits per heavy atom. The first-order chi connectivity index (χ1) is 13.3. The Morgan fingerprint density at radius 3 is 2.57 bits per heavy atom. The standard InChI is InChI=1S/C19H21FN4O4/c1-7-15-12(18(27)22-19(28)24(15)9-2-3-9)14(21)13(20)16(7)23-5-8-4-11(25)17(26)10(8)6-23/h8-11,25H,2-6,21H2,1H3,(H,22,27,28). The SMILES string of the molecule is Cc1c(N2CC3CC(O)C(=O)C3C2)c(F)c(N)c2c(=O)[nH]c(=O)n(C3CC3)c12. The van der Waals surface area contributed by atoms with Crippen molar-refractivity contribution in [1.29, 1.82) is 0 Å². The Morgan fingerprint density at radius 1 is 1.21 bits per heavy atom. The van der Waals surface area contributed by atoms with Gasteiger partial charge in [-0.25, -0.2) is 9.18 Å². The van der Waals surface area contributed by atoms with E-state index in [1.807, 2.05) is 0 Å². The Hall–Kier alpha value is -2.68. The van der Waals surface area contributed by atoms with Crippen LogP contribution in [-0.2, 0) is 4.79 Å². The molecule has 9 heteroatoms. The molecule has 28 heavy (non-hydrogen) atoms. The van der Waals surface area contributed by atoms with Crippen LogP contribution in [-0.4, -0.2) is 39.6 Å². The zero-order valence-corrected chi connectivity index (χ0v) is 15.4. The summed E-state index contributed by atoms with van der Waals surface area (Å²) in [5.41, 5.74) is 5.61. The number of ketones is 1. The Labute approximate surface area is 158 Å². The summed E-state index contributed by atoms with van der Waals surface area (Å²) in [7, 11) is 0. The molecule has 3 fully saturated rings. The summed E-state index contributed by atoms with van der Waals surface area (Å²) in [5, 5.41) is 9.78. The number of nitrogens with one attached hydrogen (secondary N) is 1. The third-order valence-corrected chi connectivity index (χ3v) is 6.46. The molecule has 5 rings (SSSR count). The number of nitrogen functional groups attached to an aromatic ring is 1. The van der Waals surface area contributed by atoms with Crippen LogP contribution < -0.4 is 21.9 Å². The van der Waals surface area contributed by atoms with Crippen molar-refractivity contribution in [2.45, 2.75) is 38.3 Å². The fourth-order valence-electron chi connectivity index (χ4n) is 5.00. The van der Waals surface area contributed by atoms with Crippen molar-refractivity contribution in [2.24, 2.45) is 11.8 Å². The van der Waals surface area contributed by atoms with Crippen LogP contribution in [0, 0.1) is 24.6 Å². The maximum absolute atomic E-state index is 15.3. The molecule has 8 nitrogen and oxygen atoms in total. The van der Waals surface area contributed by atoms with Crippen LogP contribution in [0.1, 0.15) is 30.9 Å². The second-order valence-electron chi connectivity index (χ2n) is 8.21. The van der Waals surface area contributed by atoms with Crippen LogP contribution in [0.15, 0.2) is 9.59 Å². The number of aryl methyl sites for hydroxylation is 1. The summed E-state index contributed by atoms with van der Waals surface area (Å²) in [4.78, 5) is 41.0. The van der Waals surface area contributed by atoms with E-state index in [1.54, 1.807) is 11.8 Å². The van der Waals surface area contributed by atoms with E-state index in [0.717, 1.165) is 12.8 Å². The van der Waals surface area contributed by atoms with Gasteiger partial charge in [0, 0.05) is 30.6 Å². The summed E-state index contributed by atoms with van der Waals surface area (Å²) in [5.74, 6) is -1.28. The van der Waals surface area contributed by atoms with Crippen molar-refractivity contribution < 1.29 is 14.3 Å². The first-order valence-electron chi connectivity index (χ1n) is 9.52. The predicted octanol–water partition coefficient (Wildman–Crippen LogP) is 0.441. The molecule has 0 spiro atoms. The van der Waals surface area contributed by atoms with Crippen LogP contribution in [0.2, 0.25) is 0 Å². The van der Waals surface area contributed by atoms with Crippen LogP contribution in [0.4, 0.5) is 15.8 Å². The average Bonchev–Trinajstić information content (AvgIpc) is 3.33. The number of halogens is 1. The van der Waals surface area contributed by atoms with Crippen LogP contribution in [0.25, 0.3) is 10.9 Å². The third kappa shape index (κ3) is 2.22. The molecule has 1 saturated heterocycles. The highest BCUT2D eigenvalue weighted by atomic mass is 19.1. The monoisotopic (exact) mass is 388 g/mol. The van der Waals surface area contributed by atoms with Crippen LogP contribution >= 0.6 is 0 Å². The van der Waals surface area contributed by atoms with Crippen molar-refractivity contribution in [3.63, 3.8) is 0 Å². The number of nitrogens with two attached hydrogens (primary N) is 1. The smallest absolute Gasteiger partial charge is 0.329 e. The lowest BCUT2D eigenvalue weighted by molar-refractivity contribution is -0.127. The molecule has 0 radical (unpaired) electrons. The van der Waals surface area contributed by atoms with Gasteiger partial charge in [0.05, 0.1) is 22.3 Å². The average molecular weight is 388 g/mol. The number of aliphatic hydroxyl groups excluding tert-OH is 1. The molecular weight excluding hydrogens is 367 g/mol. The predicted molar refractivity (Wildman–Crippen MR) is 101 cm³/mol. The van der Waals surface area contributed by atoms with Gasteiger partial charge < -0.3 is 15.7 Å². The molecular formula is C19H21FN4O4. The Kier molecular flexibility index (Phi) is 3.52. The maximum Gasteiger partial charge on any atom is 0.329 e. The molecule has 0 amide bonds. The zero-order chi connectivity index (χ0) is 19.9. The molecule has 0 bridgehead atoms. The normalized spacial score (nSPS) is 27.0. The van der Waals surface area contributed by atoms with Gasteiger partial charge >= 0.3 is 5.69 Å². The lowest BCUT2D eigenvalue weighted by Crippen LogP contribution is -2.33. The fourth-order valence-corrected chi connectivity index (χ4v) is 5.00. The van der Waals surface area contributed by atoms with E-state index in [9.17, 15) is 19.5 Å². The summed E-state index contributed by atoms with van der Waals surface area (Å²) in [6.45, 7) is 2.40. The van der Waals surface area contributed by atoms with E-state index in [1.165, 1.54) is 4.57 Å². The van der Waals surface area contributed by atoms with Gasteiger partial charge in [-0.1, -0.05) is 0 Å². The van der Waals surface area contributed by atoms with Crippen LogP contribution in [0.5, 0.6) is 0 Å². The van der Waals surface area contributed by atoms with Gasteiger partial charge in [-0.3, -0.25) is 19.1 Å². The van der Waals surface area contributed by atoms with E-state index in [4.69, 9.17) is 5.73 Å². The molecule has 3 unspecified atom stereocenters. The van der Waals surface area contributed by atoms with E-state index >= 15 is 4.39 Å². The quantitative estimate of drug-likeness (QED) is 0.642. The minimum atomic E-state index is -0.941. The highest BCUT2D eigenvalue weighted by molar-refractivity contribution is 5.97. The molecule has 2 saturated carbocycles. The summed E-state index contributed by atoms with van der Waals surface area (Å²) < 4.78 is 16.8. The fraction of sp³-hybridized carbons (Fsp3) is 0.526. The van der Waals surface area contributed by atoms with Crippen molar-refractivity contribution in [2.75, 3.05) is 23.7 Å². The highest BCUT2D eigenvalue weighted by Gasteiger charge is 2.47. The largest absolute Gasteiger partial charge is 0.396 e. The first kappa shape index (κ1) is 17.4. The number of nitrogens with zero attached hydrogens (tertiary/aromatic N) is 2. The number of carbonyl (C=O) groups excluding carboxylic acids is 1. The number of fused-ring (bicyclic) bond motifs is 2. The van der Waals surface area contributed by atoms with Gasteiger partial charge in [0.2, 0.25) is 0 Å². The topological polar surface area (TPSA) is 121 Å². The van der Waals surface area contributed by atoms with E-state index in [0.29, 0.717) is 30.6 Å². The van der Waals surface area contributed by atoms with E-state index in [-0.39, 0.29) is 40.4 Å². The van der Waals surface area contributed by atoms with Crippen molar-refractivity contribution >= 4 is 28.1 Å². The van der Waals surface area contributed by atoms with Crippen molar-refractivity contribution in [3.05, 3.63) is 32.2 Å². The van der Waals surface area contributed by atoms with Gasteiger partial charge in [-0.2, -0.15) is 0 Å². The molecule has 4 N–H and O–H groups in total. The second kappa shape index (κ2) is 5.66. The van der Waals surface area contributed by atoms with Gasteiger partial charge in [-0.05, 0) is 32.1 Å². The number of rotatable bonds is 2. The second-order valence-corrected chi connectivity index (χ2v) is 8.21. The molecule has 2 aliphatic carbocycles. The molecule has 148 valence electrons. The van der Waals surface area contributed by atoms with E-state index < -0.39 is 23.2 Å². The number of aliphatic hydroxyl groups is 1.